The zero-order valence-corrected chi connectivity index (χ0v) is 19.3. The monoisotopic (exact) mass is 440 g/mol. The molecule has 0 aliphatic carbocycles. The topological polar surface area (TPSA) is 69.9 Å². The van der Waals surface area contributed by atoms with Gasteiger partial charge in [0.05, 0.1) is 23.9 Å². The van der Waals surface area contributed by atoms with Gasteiger partial charge in [-0.15, -0.1) is 0 Å². The van der Waals surface area contributed by atoms with E-state index in [1.165, 1.54) is 18.4 Å². The van der Waals surface area contributed by atoms with Crippen LogP contribution in [-0.4, -0.2) is 30.2 Å². The van der Waals surface area contributed by atoms with E-state index >= 15 is 0 Å². The predicted molar refractivity (Wildman–Crippen MR) is 123 cm³/mol. The number of ether oxygens (including phenoxy) is 2. The lowest BCUT2D eigenvalue weighted by Gasteiger charge is -2.06. The fourth-order valence-electron chi connectivity index (χ4n) is 3.33. The van der Waals surface area contributed by atoms with Crippen molar-refractivity contribution in [2.75, 3.05) is 13.7 Å². The molecule has 2 aromatic carbocycles. The molecular weight excluding hydrogens is 412 g/mol. The molecular formula is C24H28N2O4S. The Morgan fingerprint density at radius 1 is 1.10 bits per heavy atom. The summed E-state index contributed by atoms with van der Waals surface area (Å²) in [5.74, 6) is -0.0178. The number of esters is 1. The Morgan fingerprint density at radius 2 is 1.84 bits per heavy atom. The Labute approximate surface area is 186 Å². The van der Waals surface area contributed by atoms with Gasteiger partial charge in [0, 0.05) is 5.56 Å². The summed E-state index contributed by atoms with van der Waals surface area (Å²) in [6, 6.07) is 11.1. The lowest BCUT2D eigenvalue weighted by atomic mass is 10.1. The largest absolute Gasteiger partial charge is 0.494 e. The number of amides is 1. The molecule has 1 aromatic heterocycles. The number of carbonyl (C=O) groups is 2. The van der Waals surface area contributed by atoms with Crippen molar-refractivity contribution in [3.63, 3.8) is 0 Å². The van der Waals surface area contributed by atoms with Crippen molar-refractivity contribution in [1.82, 2.24) is 4.57 Å². The summed E-state index contributed by atoms with van der Waals surface area (Å²) in [5, 5.41) is 0. The molecule has 0 fully saturated rings. The number of fused-ring (bicyclic) bond motifs is 1. The van der Waals surface area contributed by atoms with Crippen molar-refractivity contribution in [2.45, 2.75) is 46.6 Å². The highest BCUT2D eigenvalue weighted by Gasteiger charge is 2.14. The minimum Gasteiger partial charge on any atom is -0.494 e. The van der Waals surface area contributed by atoms with E-state index in [1.807, 2.05) is 19.9 Å². The van der Waals surface area contributed by atoms with Gasteiger partial charge in [-0.25, -0.2) is 0 Å². The van der Waals surface area contributed by atoms with Crippen LogP contribution in [0.2, 0.25) is 0 Å². The van der Waals surface area contributed by atoms with E-state index in [-0.39, 0.29) is 12.5 Å². The van der Waals surface area contributed by atoms with Gasteiger partial charge in [-0.05, 0) is 61.7 Å². The number of unbranched alkanes of at least 4 members (excludes halogenated alkanes) is 2. The molecule has 0 unspecified atom stereocenters. The first-order valence-corrected chi connectivity index (χ1v) is 11.2. The van der Waals surface area contributed by atoms with E-state index in [2.05, 4.69) is 18.0 Å². The predicted octanol–water partition coefficient (Wildman–Crippen LogP) is 4.80. The lowest BCUT2D eigenvalue weighted by Crippen LogP contribution is -2.22. The number of carbonyl (C=O) groups excluding carboxylic acids is 2. The van der Waals surface area contributed by atoms with Crippen LogP contribution < -0.4 is 9.54 Å². The molecule has 0 N–H and O–H groups in total. The Morgan fingerprint density at radius 3 is 2.52 bits per heavy atom. The first kappa shape index (κ1) is 22.7. The summed E-state index contributed by atoms with van der Waals surface area (Å²) < 4.78 is 13.3. The Hall–Kier alpha value is -2.93. The minimum absolute atomic E-state index is 0.00392. The number of rotatable bonds is 8. The number of aryl methyl sites for hydroxylation is 2. The van der Waals surface area contributed by atoms with Crippen LogP contribution in [0.3, 0.4) is 0 Å². The van der Waals surface area contributed by atoms with E-state index in [4.69, 9.17) is 9.47 Å². The van der Waals surface area contributed by atoms with Crippen molar-refractivity contribution in [2.24, 2.45) is 4.99 Å². The third-order valence-electron chi connectivity index (χ3n) is 4.94. The van der Waals surface area contributed by atoms with E-state index in [0.717, 1.165) is 46.4 Å². The molecule has 7 heteroatoms. The molecule has 0 atom stereocenters. The number of aromatic nitrogens is 1. The SMILES string of the molecule is CCCCCOc1ccc(C(=O)N=c2sc3c(C)cc(C)cc3n2CC(=O)OC)cc1. The zero-order chi connectivity index (χ0) is 22.4. The fourth-order valence-corrected chi connectivity index (χ4v) is 4.41. The van der Waals surface area contributed by atoms with Crippen molar-refractivity contribution in [3.8, 4) is 5.75 Å². The average Bonchev–Trinajstić information content (AvgIpc) is 3.08. The molecule has 1 heterocycles. The quantitative estimate of drug-likeness (QED) is 0.373. The summed E-state index contributed by atoms with van der Waals surface area (Å²) in [7, 11) is 1.35. The molecule has 0 aliphatic rings. The standard InChI is InChI=1S/C24H28N2O4S/c1-5-6-7-12-30-19-10-8-18(9-11-19)23(28)25-24-26(15-21(27)29-4)20-14-16(2)13-17(3)22(20)31-24/h8-11,13-14H,5-7,12,15H2,1-4H3. The second-order valence-electron chi connectivity index (χ2n) is 7.47. The Bertz CT molecular complexity index is 1140. The molecule has 6 nitrogen and oxygen atoms in total. The van der Waals surface area contributed by atoms with Crippen LogP contribution in [0.25, 0.3) is 10.2 Å². The molecule has 1 amide bonds. The molecule has 0 radical (unpaired) electrons. The van der Waals surface area contributed by atoms with Gasteiger partial charge in [-0.2, -0.15) is 4.99 Å². The Balaban J connectivity index is 1.92. The summed E-state index contributed by atoms with van der Waals surface area (Å²) in [5.41, 5.74) is 3.50. The number of nitrogens with zero attached hydrogens (tertiary/aromatic N) is 2. The van der Waals surface area contributed by atoms with Crippen LogP contribution in [0.4, 0.5) is 0 Å². The summed E-state index contributed by atoms with van der Waals surface area (Å²) in [4.78, 5) is 29.6. The third kappa shape index (κ3) is 5.61. The molecule has 0 bridgehead atoms. The van der Waals surface area contributed by atoms with Gasteiger partial charge in [0.15, 0.2) is 4.80 Å². The first-order chi connectivity index (χ1) is 14.9. The van der Waals surface area contributed by atoms with Crippen molar-refractivity contribution >= 4 is 33.4 Å². The van der Waals surface area contributed by atoms with E-state index in [0.29, 0.717) is 17.0 Å². The maximum atomic E-state index is 12.8. The van der Waals surface area contributed by atoms with Crippen LogP contribution in [0.15, 0.2) is 41.4 Å². The maximum absolute atomic E-state index is 12.8. The highest BCUT2D eigenvalue weighted by atomic mass is 32.1. The smallest absolute Gasteiger partial charge is 0.325 e. The number of hydrogen-bond acceptors (Lipinski definition) is 5. The average molecular weight is 441 g/mol. The molecule has 31 heavy (non-hydrogen) atoms. The summed E-state index contributed by atoms with van der Waals surface area (Å²) >= 11 is 1.40. The van der Waals surface area contributed by atoms with Crippen LogP contribution in [-0.2, 0) is 16.1 Å². The van der Waals surface area contributed by atoms with Gasteiger partial charge in [0.25, 0.3) is 5.91 Å². The maximum Gasteiger partial charge on any atom is 0.325 e. The van der Waals surface area contributed by atoms with E-state index in [9.17, 15) is 9.59 Å². The highest BCUT2D eigenvalue weighted by Crippen LogP contribution is 2.23. The second kappa shape index (κ2) is 10.4. The molecule has 3 aromatic rings. The summed E-state index contributed by atoms with van der Waals surface area (Å²) in [6.07, 6.45) is 3.29. The fraction of sp³-hybridized carbons (Fsp3) is 0.375. The van der Waals surface area contributed by atoms with Crippen LogP contribution >= 0.6 is 11.3 Å². The first-order valence-electron chi connectivity index (χ1n) is 10.4. The van der Waals surface area contributed by atoms with E-state index < -0.39 is 5.97 Å². The van der Waals surface area contributed by atoms with Crippen LogP contribution in [0, 0.1) is 13.8 Å². The molecule has 3 rings (SSSR count). The van der Waals surface area contributed by atoms with Gasteiger partial charge in [-0.3, -0.25) is 9.59 Å². The van der Waals surface area contributed by atoms with Gasteiger partial charge < -0.3 is 14.0 Å². The van der Waals surface area contributed by atoms with E-state index in [1.54, 1.807) is 28.8 Å². The number of thiazole rings is 1. The number of methoxy groups -OCH3 is 1. The lowest BCUT2D eigenvalue weighted by molar-refractivity contribution is -0.141. The van der Waals surface area contributed by atoms with Gasteiger partial charge in [-0.1, -0.05) is 37.2 Å². The zero-order valence-electron chi connectivity index (χ0n) is 18.4. The minimum atomic E-state index is -0.391. The normalized spacial score (nSPS) is 11.7. The highest BCUT2D eigenvalue weighted by molar-refractivity contribution is 7.16. The number of hydrogen-bond donors (Lipinski definition) is 0. The molecule has 0 spiro atoms. The van der Waals surface area contributed by atoms with Crippen LogP contribution in [0.1, 0.15) is 47.7 Å². The van der Waals surface area contributed by atoms with Gasteiger partial charge in [0.2, 0.25) is 0 Å². The molecule has 164 valence electrons. The van der Waals surface area contributed by atoms with Gasteiger partial charge >= 0.3 is 5.97 Å². The number of benzene rings is 2. The summed E-state index contributed by atoms with van der Waals surface area (Å²) in [6.45, 7) is 6.83. The van der Waals surface area contributed by atoms with Crippen LogP contribution in [0.5, 0.6) is 5.75 Å². The Kier molecular flexibility index (Phi) is 7.63. The van der Waals surface area contributed by atoms with Crippen molar-refractivity contribution < 1.29 is 19.1 Å². The van der Waals surface area contributed by atoms with Crippen molar-refractivity contribution in [3.05, 3.63) is 57.9 Å². The molecule has 0 saturated carbocycles. The second-order valence-corrected chi connectivity index (χ2v) is 8.45. The molecule has 0 aliphatic heterocycles. The molecule has 0 saturated heterocycles. The van der Waals surface area contributed by atoms with Crippen molar-refractivity contribution in [1.29, 1.82) is 0 Å². The third-order valence-corrected chi connectivity index (χ3v) is 6.17. The van der Waals surface area contributed by atoms with Gasteiger partial charge in [0.1, 0.15) is 12.3 Å².